The first kappa shape index (κ1) is 14.0. The van der Waals surface area contributed by atoms with E-state index in [9.17, 15) is 14.0 Å². The number of hydrogen-bond donors (Lipinski definition) is 2. The Morgan fingerprint density at radius 1 is 1.20 bits per heavy atom. The Kier molecular flexibility index (Phi) is 4.27. The molecule has 0 aliphatic rings. The van der Waals surface area contributed by atoms with Crippen LogP contribution in [0.4, 0.5) is 10.1 Å². The fraction of sp³-hybridized carbons (Fsp3) is 0. The standard InChI is InChI=1S/C14H10FNO3S/c15-10-3-1-2-4-11(10)16-14(19)12-7-5-9(20-12)6-8-13(17)18/h1-8H,(H,16,19)(H,17,18). The first-order valence-corrected chi connectivity index (χ1v) is 6.44. The van der Waals surface area contributed by atoms with Crippen molar-refractivity contribution >= 4 is 35.0 Å². The zero-order chi connectivity index (χ0) is 14.5. The summed E-state index contributed by atoms with van der Waals surface area (Å²) < 4.78 is 13.4. The number of anilines is 1. The van der Waals surface area contributed by atoms with Gasteiger partial charge in [0.05, 0.1) is 10.6 Å². The largest absolute Gasteiger partial charge is 0.478 e. The van der Waals surface area contributed by atoms with Crippen LogP contribution < -0.4 is 5.32 Å². The number of nitrogens with one attached hydrogen (secondary N) is 1. The van der Waals surface area contributed by atoms with E-state index in [-0.39, 0.29) is 5.69 Å². The topological polar surface area (TPSA) is 66.4 Å². The molecule has 20 heavy (non-hydrogen) atoms. The summed E-state index contributed by atoms with van der Waals surface area (Å²) >= 11 is 1.12. The number of halogens is 1. The number of para-hydroxylation sites is 1. The number of carboxylic acid groups (broad SMARTS) is 1. The van der Waals surface area contributed by atoms with Crippen molar-refractivity contribution in [3.63, 3.8) is 0 Å². The molecule has 0 bridgehead atoms. The van der Waals surface area contributed by atoms with Gasteiger partial charge in [-0.05, 0) is 30.3 Å². The molecule has 4 nitrogen and oxygen atoms in total. The molecule has 102 valence electrons. The number of amides is 1. The van der Waals surface area contributed by atoms with E-state index in [1.165, 1.54) is 24.3 Å². The molecule has 0 aliphatic heterocycles. The molecule has 0 spiro atoms. The summed E-state index contributed by atoms with van der Waals surface area (Å²) in [5.41, 5.74) is 0.105. The van der Waals surface area contributed by atoms with Gasteiger partial charge in [-0.1, -0.05) is 12.1 Å². The van der Waals surface area contributed by atoms with Crippen LogP contribution in [0.1, 0.15) is 14.5 Å². The number of rotatable bonds is 4. The van der Waals surface area contributed by atoms with Crippen molar-refractivity contribution in [3.05, 3.63) is 58.0 Å². The Morgan fingerprint density at radius 2 is 1.95 bits per heavy atom. The molecule has 2 aromatic rings. The zero-order valence-corrected chi connectivity index (χ0v) is 11.0. The SMILES string of the molecule is O=C(O)C=Cc1ccc(C(=O)Nc2ccccc2F)s1. The number of carbonyl (C=O) groups is 2. The van der Waals surface area contributed by atoms with E-state index < -0.39 is 17.7 Å². The maximum atomic E-state index is 13.4. The number of carboxylic acids is 1. The second-order valence-corrected chi connectivity index (χ2v) is 4.92. The van der Waals surface area contributed by atoms with E-state index in [2.05, 4.69) is 5.32 Å². The third-order valence-corrected chi connectivity index (χ3v) is 3.41. The average molecular weight is 291 g/mol. The minimum Gasteiger partial charge on any atom is -0.478 e. The van der Waals surface area contributed by atoms with Crippen LogP contribution in [0.5, 0.6) is 0 Å². The Balaban J connectivity index is 2.10. The second-order valence-electron chi connectivity index (χ2n) is 3.81. The average Bonchev–Trinajstić information content (AvgIpc) is 2.88. The molecule has 1 amide bonds. The molecule has 0 radical (unpaired) electrons. The van der Waals surface area contributed by atoms with Crippen LogP contribution in [0.15, 0.2) is 42.5 Å². The molecule has 1 aromatic carbocycles. The third kappa shape index (κ3) is 3.52. The van der Waals surface area contributed by atoms with Gasteiger partial charge in [-0.15, -0.1) is 11.3 Å². The van der Waals surface area contributed by atoms with Gasteiger partial charge in [0.25, 0.3) is 5.91 Å². The molecule has 0 fully saturated rings. The van der Waals surface area contributed by atoms with Gasteiger partial charge in [0, 0.05) is 11.0 Å². The van der Waals surface area contributed by atoms with Gasteiger partial charge >= 0.3 is 5.97 Å². The molecule has 6 heteroatoms. The normalized spacial score (nSPS) is 10.7. The Bertz CT molecular complexity index is 679. The van der Waals surface area contributed by atoms with Crippen molar-refractivity contribution in [3.8, 4) is 0 Å². The molecule has 2 N–H and O–H groups in total. The first-order valence-electron chi connectivity index (χ1n) is 5.63. The summed E-state index contributed by atoms with van der Waals surface area (Å²) in [4.78, 5) is 23.3. The van der Waals surface area contributed by atoms with Crippen LogP contribution >= 0.6 is 11.3 Å². The van der Waals surface area contributed by atoms with Gasteiger partial charge in [-0.2, -0.15) is 0 Å². The van der Waals surface area contributed by atoms with Crippen molar-refractivity contribution in [1.82, 2.24) is 0 Å². The number of aliphatic carboxylic acids is 1. The van der Waals surface area contributed by atoms with E-state index in [1.807, 2.05) is 0 Å². The molecular formula is C14H10FNO3S. The van der Waals surface area contributed by atoms with Crippen LogP contribution in [0.25, 0.3) is 6.08 Å². The molecule has 1 aromatic heterocycles. The third-order valence-electron chi connectivity index (χ3n) is 2.36. The van der Waals surface area contributed by atoms with Crippen LogP contribution in [0.3, 0.4) is 0 Å². The van der Waals surface area contributed by atoms with Crippen molar-refractivity contribution in [1.29, 1.82) is 0 Å². The second kappa shape index (κ2) is 6.12. The maximum absolute atomic E-state index is 13.4. The molecule has 0 unspecified atom stereocenters. The summed E-state index contributed by atoms with van der Waals surface area (Å²) in [6, 6.07) is 9.05. The number of hydrogen-bond acceptors (Lipinski definition) is 3. The quantitative estimate of drug-likeness (QED) is 0.850. The molecule has 0 atom stereocenters. The minimum absolute atomic E-state index is 0.105. The van der Waals surface area contributed by atoms with Crippen LogP contribution in [-0.4, -0.2) is 17.0 Å². The van der Waals surface area contributed by atoms with Crippen molar-refractivity contribution in [2.24, 2.45) is 0 Å². The Labute approximate surface area is 118 Å². The first-order chi connectivity index (χ1) is 9.56. The Hall–Kier alpha value is -2.47. The van der Waals surface area contributed by atoms with E-state index in [0.717, 1.165) is 17.4 Å². The lowest BCUT2D eigenvalue weighted by atomic mass is 10.3. The fourth-order valence-electron chi connectivity index (χ4n) is 1.46. The molecule has 1 heterocycles. The molecule has 0 saturated heterocycles. The lowest BCUT2D eigenvalue weighted by Crippen LogP contribution is -2.11. The summed E-state index contributed by atoms with van der Waals surface area (Å²) in [6.45, 7) is 0. The number of thiophene rings is 1. The van der Waals surface area contributed by atoms with Crippen LogP contribution in [-0.2, 0) is 4.79 Å². The molecule has 2 rings (SSSR count). The highest BCUT2D eigenvalue weighted by Crippen LogP contribution is 2.20. The van der Waals surface area contributed by atoms with Gasteiger partial charge in [0.2, 0.25) is 0 Å². The summed E-state index contributed by atoms with van der Waals surface area (Å²) in [6.07, 6.45) is 2.39. The highest BCUT2D eigenvalue weighted by atomic mass is 32.1. The lowest BCUT2D eigenvalue weighted by molar-refractivity contribution is -0.131. The summed E-state index contributed by atoms with van der Waals surface area (Å²) in [5, 5.41) is 11.0. The lowest BCUT2D eigenvalue weighted by Gasteiger charge is -2.03. The van der Waals surface area contributed by atoms with Gasteiger partial charge in [-0.3, -0.25) is 4.79 Å². The zero-order valence-electron chi connectivity index (χ0n) is 10.2. The van der Waals surface area contributed by atoms with Gasteiger partial charge < -0.3 is 10.4 Å². The molecule has 0 aliphatic carbocycles. The van der Waals surface area contributed by atoms with Crippen molar-refractivity contribution < 1.29 is 19.1 Å². The minimum atomic E-state index is -1.06. The van der Waals surface area contributed by atoms with Crippen LogP contribution in [0.2, 0.25) is 0 Å². The van der Waals surface area contributed by atoms with Gasteiger partial charge in [0.15, 0.2) is 0 Å². The molecule has 0 saturated carbocycles. The predicted molar refractivity (Wildman–Crippen MR) is 75.3 cm³/mol. The monoisotopic (exact) mass is 291 g/mol. The Morgan fingerprint density at radius 3 is 2.65 bits per heavy atom. The highest BCUT2D eigenvalue weighted by molar-refractivity contribution is 7.15. The summed E-state index contributed by atoms with van der Waals surface area (Å²) in [5.74, 6) is -2.01. The number of benzene rings is 1. The van der Waals surface area contributed by atoms with Crippen molar-refractivity contribution in [2.75, 3.05) is 5.32 Å². The van der Waals surface area contributed by atoms with Gasteiger partial charge in [-0.25, -0.2) is 9.18 Å². The fourth-order valence-corrected chi connectivity index (χ4v) is 2.27. The van der Waals surface area contributed by atoms with Crippen molar-refractivity contribution in [2.45, 2.75) is 0 Å². The molecular weight excluding hydrogens is 281 g/mol. The van der Waals surface area contributed by atoms with Gasteiger partial charge in [0.1, 0.15) is 5.82 Å². The summed E-state index contributed by atoms with van der Waals surface area (Å²) in [7, 11) is 0. The van der Waals surface area contributed by atoms with E-state index in [1.54, 1.807) is 18.2 Å². The maximum Gasteiger partial charge on any atom is 0.328 e. The number of carbonyl (C=O) groups excluding carboxylic acids is 1. The highest BCUT2D eigenvalue weighted by Gasteiger charge is 2.10. The smallest absolute Gasteiger partial charge is 0.328 e. The van der Waals surface area contributed by atoms with E-state index in [0.29, 0.717) is 9.75 Å². The van der Waals surface area contributed by atoms with E-state index >= 15 is 0 Å². The predicted octanol–water partition coefficient (Wildman–Crippen LogP) is 3.24. The van der Waals surface area contributed by atoms with E-state index in [4.69, 9.17) is 5.11 Å². The van der Waals surface area contributed by atoms with Crippen LogP contribution in [0, 0.1) is 5.82 Å².